The number of ether oxygens (including phenoxy) is 2. The van der Waals surface area contributed by atoms with Gasteiger partial charge in [-0.15, -0.1) is 35.3 Å². The third-order valence-corrected chi connectivity index (χ3v) is 5.59. The van der Waals surface area contributed by atoms with Crippen LogP contribution < -0.4 is 20.5 Å². The zero-order chi connectivity index (χ0) is 18.4. The van der Waals surface area contributed by atoms with Gasteiger partial charge in [-0.2, -0.15) is 0 Å². The van der Waals surface area contributed by atoms with Gasteiger partial charge in [0, 0.05) is 29.6 Å². The minimum atomic E-state index is 0. The number of benzene rings is 1. The van der Waals surface area contributed by atoms with Crippen LogP contribution in [-0.4, -0.2) is 31.7 Å². The summed E-state index contributed by atoms with van der Waals surface area (Å²) in [6.07, 6.45) is 6.83. The van der Waals surface area contributed by atoms with Crippen LogP contribution in [0.2, 0.25) is 0 Å². The number of nitrogens with zero attached hydrogens (tertiary/aromatic N) is 2. The van der Waals surface area contributed by atoms with Gasteiger partial charge in [0.25, 0.3) is 0 Å². The highest BCUT2D eigenvalue weighted by atomic mass is 127. The van der Waals surface area contributed by atoms with Crippen LogP contribution in [-0.2, 0) is 19.3 Å². The Hall–Kier alpha value is -1.55. The number of halogens is 1. The van der Waals surface area contributed by atoms with Crippen LogP contribution in [0.25, 0.3) is 0 Å². The van der Waals surface area contributed by atoms with E-state index in [9.17, 15) is 0 Å². The lowest BCUT2D eigenvalue weighted by molar-refractivity contribution is 0.355. The van der Waals surface area contributed by atoms with E-state index in [1.807, 2.05) is 29.5 Å². The van der Waals surface area contributed by atoms with E-state index in [2.05, 4.69) is 10.3 Å². The average molecular weight is 502 g/mol. The number of guanidine groups is 1. The number of anilines is 1. The molecule has 6 nitrogen and oxygen atoms in total. The summed E-state index contributed by atoms with van der Waals surface area (Å²) < 4.78 is 10.5. The van der Waals surface area contributed by atoms with Crippen LogP contribution in [0.15, 0.2) is 23.2 Å². The number of thiazole rings is 1. The van der Waals surface area contributed by atoms with Crippen LogP contribution in [0.1, 0.15) is 34.8 Å². The fourth-order valence-electron chi connectivity index (χ4n) is 3.04. The maximum absolute atomic E-state index is 5.98. The van der Waals surface area contributed by atoms with E-state index in [0.29, 0.717) is 24.0 Å². The maximum atomic E-state index is 5.98. The van der Waals surface area contributed by atoms with Gasteiger partial charge in [0.05, 0.1) is 24.9 Å². The first-order chi connectivity index (χ1) is 12.7. The number of hydrogen-bond donors (Lipinski definition) is 2. The molecule has 1 aliphatic carbocycles. The van der Waals surface area contributed by atoms with E-state index in [1.54, 1.807) is 14.2 Å². The van der Waals surface area contributed by atoms with Gasteiger partial charge in [0.2, 0.25) is 0 Å². The number of rotatable bonds is 7. The molecule has 8 heteroatoms. The van der Waals surface area contributed by atoms with Crippen LogP contribution in [0.4, 0.5) is 5.69 Å². The molecule has 0 bridgehead atoms. The largest absolute Gasteiger partial charge is 0.493 e. The van der Waals surface area contributed by atoms with Crippen molar-refractivity contribution in [2.24, 2.45) is 10.7 Å². The van der Waals surface area contributed by atoms with E-state index in [4.69, 9.17) is 20.2 Å². The normalized spacial score (nSPS) is 13.5. The first-order valence-corrected chi connectivity index (χ1v) is 9.77. The topological polar surface area (TPSA) is 81.8 Å². The molecule has 1 heterocycles. The van der Waals surface area contributed by atoms with Crippen molar-refractivity contribution in [3.63, 3.8) is 0 Å². The van der Waals surface area contributed by atoms with Gasteiger partial charge in [-0.25, -0.2) is 4.98 Å². The summed E-state index contributed by atoms with van der Waals surface area (Å²) in [4.78, 5) is 10.7. The first-order valence-electron chi connectivity index (χ1n) is 8.96. The van der Waals surface area contributed by atoms with Crippen LogP contribution in [0.5, 0.6) is 11.5 Å². The molecular formula is C19H27IN4O2S. The number of fused-ring (bicyclic) bond motifs is 1. The smallest absolute Gasteiger partial charge is 0.193 e. The quantitative estimate of drug-likeness (QED) is 0.259. The zero-order valence-corrected chi connectivity index (χ0v) is 18.9. The van der Waals surface area contributed by atoms with Crippen molar-refractivity contribution in [2.75, 3.05) is 26.1 Å². The van der Waals surface area contributed by atoms with Crippen LogP contribution in [0, 0.1) is 0 Å². The Morgan fingerprint density at radius 1 is 1.22 bits per heavy atom. The molecule has 0 unspecified atom stereocenters. The molecule has 0 amide bonds. The molecule has 0 aliphatic heterocycles. The molecule has 27 heavy (non-hydrogen) atoms. The van der Waals surface area contributed by atoms with Crippen molar-refractivity contribution in [1.29, 1.82) is 0 Å². The van der Waals surface area contributed by atoms with E-state index in [-0.39, 0.29) is 24.0 Å². The van der Waals surface area contributed by atoms with Gasteiger partial charge >= 0.3 is 0 Å². The molecule has 0 radical (unpaired) electrons. The van der Waals surface area contributed by atoms with Crippen molar-refractivity contribution >= 4 is 47.0 Å². The van der Waals surface area contributed by atoms with Crippen LogP contribution in [0.3, 0.4) is 0 Å². The summed E-state index contributed by atoms with van der Waals surface area (Å²) in [5, 5.41) is 4.32. The van der Waals surface area contributed by atoms with Gasteiger partial charge in [-0.1, -0.05) is 0 Å². The predicted molar refractivity (Wildman–Crippen MR) is 122 cm³/mol. The zero-order valence-electron chi connectivity index (χ0n) is 15.8. The van der Waals surface area contributed by atoms with Gasteiger partial charge in [-0.05, 0) is 44.2 Å². The summed E-state index contributed by atoms with van der Waals surface area (Å²) in [5.74, 6) is 1.73. The van der Waals surface area contributed by atoms with Crippen LogP contribution >= 0.6 is 35.3 Å². The van der Waals surface area contributed by atoms with Crippen molar-refractivity contribution in [1.82, 2.24) is 4.98 Å². The highest BCUT2D eigenvalue weighted by Gasteiger charge is 2.14. The fourth-order valence-corrected chi connectivity index (χ4v) is 4.24. The third-order valence-electron chi connectivity index (χ3n) is 4.38. The molecule has 148 valence electrons. The average Bonchev–Trinajstić information content (AvgIpc) is 3.08. The number of methoxy groups -OCH3 is 2. The summed E-state index contributed by atoms with van der Waals surface area (Å²) >= 11 is 1.87. The molecule has 2 aromatic rings. The van der Waals surface area contributed by atoms with Crippen molar-refractivity contribution < 1.29 is 9.47 Å². The first kappa shape index (κ1) is 21.7. The van der Waals surface area contributed by atoms with E-state index >= 15 is 0 Å². The second-order valence-corrected chi connectivity index (χ2v) is 7.42. The Kier molecular flexibility index (Phi) is 8.62. The summed E-state index contributed by atoms with van der Waals surface area (Å²) in [7, 11) is 3.22. The molecule has 1 aromatic carbocycles. The second-order valence-electron chi connectivity index (χ2n) is 6.25. The number of aromatic nitrogens is 1. The highest BCUT2D eigenvalue weighted by molar-refractivity contribution is 14.0. The standard InChI is InChI=1S/C19H26N4O2S.HI/c1-24-15-10-9-13(12-16(15)25-2)22-19(20)21-11-5-8-18-23-14-6-3-4-7-17(14)26-18;/h9-10,12H,3-8,11H2,1-2H3,(H3,20,21,22);1H. The second kappa shape index (κ2) is 10.7. The van der Waals surface area contributed by atoms with E-state index in [1.165, 1.54) is 34.8 Å². The van der Waals surface area contributed by atoms with Gasteiger partial charge in [-0.3, -0.25) is 4.99 Å². The van der Waals surface area contributed by atoms with Gasteiger partial charge < -0.3 is 20.5 Å². The minimum absolute atomic E-state index is 0. The van der Waals surface area contributed by atoms with Gasteiger partial charge in [0.15, 0.2) is 17.5 Å². The predicted octanol–water partition coefficient (Wildman–Crippen LogP) is 4.02. The molecular weight excluding hydrogens is 475 g/mol. The molecule has 0 spiro atoms. The Bertz CT molecular complexity index is 756. The molecule has 0 saturated heterocycles. The maximum Gasteiger partial charge on any atom is 0.193 e. The molecule has 3 rings (SSSR count). The van der Waals surface area contributed by atoms with Crippen molar-refractivity contribution in [2.45, 2.75) is 38.5 Å². The number of hydrogen-bond acceptors (Lipinski definition) is 5. The molecule has 0 fully saturated rings. The SMILES string of the molecule is COc1ccc(NC(N)=NCCCc2nc3c(s2)CCCC3)cc1OC.I. The van der Waals surface area contributed by atoms with Gasteiger partial charge in [0.1, 0.15) is 0 Å². The lowest BCUT2D eigenvalue weighted by atomic mass is 10.0. The third kappa shape index (κ3) is 5.97. The monoisotopic (exact) mass is 502 g/mol. The lowest BCUT2D eigenvalue weighted by Crippen LogP contribution is -2.22. The summed E-state index contributed by atoms with van der Waals surface area (Å²) in [5.41, 5.74) is 8.12. The minimum Gasteiger partial charge on any atom is -0.493 e. The van der Waals surface area contributed by atoms with E-state index < -0.39 is 0 Å². The molecule has 3 N–H and O–H groups in total. The van der Waals surface area contributed by atoms with Crippen molar-refractivity contribution in [3.05, 3.63) is 33.8 Å². The number of aryl methyl sites for hydroxylation is 3. The van der Waals surface area contributed by atoms with E-state index in [0.717, 1.165) is 24.9 Å². The molecule has 1 aliphatic rings. The fraction of sp³-hybridized carbons (Fsp3) is 0.474. The number of aliphatic imine (C=N–C) groups is 1. The molecule has 0 atom stereocenters. The van der Waals surface area contributed by atoms with Crippen molar-refractivity contribution in [3.8, 4) is 11.5 Å². The lowest BCUT2D eigenvalue weighted by Gasteiger charge is -2.10. The Balaban J connectivity index is 0.00000261. The Labute approximate surface area is 181 Å². The number of nitrogens with two attached hydrogens (primary N) is 1. The molecule has 0 saturated carbocycles. The molecule has 1 aromatic heterocycles. The summed E-state index contributed by atoms with van der Waals surface area (Å²) in [6.45, 7) is 0.677. The summed E-state index contributed by atoms with van der Waals surface area (Å²) in [6, 6.07) is 5.55. The number of nitrogens with one attached hydrogen (secondary N) is 1. The Morgan fingerprint density at radius 2 is 2.00 bits per heavy atom. The Morgan fingerprint density at radius 3 is 2.74 bits per heavy atom. The highest BCUT2D eigenvalue weighted by Crippen LogP contribution is 2.29.